The number of hydrogen-bond donors (Lipinski definition) is 2. The van der Waals surface area contributed by atoms with Crippen LogP contribution in [-0.4, -0.2) is 32.4 Å². The molecule has 0 spiro atoms. The van der Waals surface area contributed by atoms with Gasteiger partial charge in [0.1, 0.15) is 5.69 Å². The standard InChI is InChI=1S/C9H9Cl2N5O/c10-6-3-14-16(5-6)2-1-12-9(17)8-7(11)4-13-15-8/h3-5H,1-2H2,(H,12,17)(H,13,15). The van der Waals surface area contributed by atoms with E-state index in [-0.39, 0.29) is 11.6 Å². The fourth-order valence-electron chi connectivity index (χ4n) is 1.26. The molecule has 0 aliphatic carbocycles. The summed E-state index contributed by atoms with van der Waals surface area (Å²) in [7, 11) is 0. The van der Waals surface area contributed by atoms with E-state index in [4.69, 9.17) is 23.2 Å². The molecule has 0 aliphatic rings. The molecule has 0 fully saturated rings. The molecule has 0 aromatic carbocycles. The van der Waals surface area contributed by atoms with Gasteiger partial charge in [-0.2, -0.15) is 10.2 Å². The number of halogens is 2. The fourth-order valence-corrected chi connectivity index (χ4v) is 1.60. The molecular weight excluding hydrogens is 265 g/mol. The zero-order valence-corrected chi connectivity index (χ0v) is 10.2. The topological polar surface area (TPSA) is 75.6 Å². The molecule has 1 amide bonds. The van der Waals surface area contributed by atoms with Gasteiger partial charge >= 0.3 is 0 Å². The lowest BCUT2D eigenvalue weighted by molar-refractivity contribution is 0.0947. The summed E-state index contributed by atoms with van der Waals surface area (Å²) in [6, 6.07) is 0. The van der Waals surface area contributed by atoms with E-state index in [2.05, 4.69) is 20.6 Å². The minimum Gasteiger partial charge on any atom is -0.349 e. The van der Waals surface area contributed by atoms with Gasteiger partial charge in [0.15, 0.2) is 0 Å². The first kappa shape index (κ1) is 11.9. The predicted octanol–water partition coefficient (Wildman–Crippen LogP) is 1.34. The highest BCUT2D eigenvalue weighted by Gasteiger charge is 2.11. The Bertz CT molecular complexity index is 521. The Morgan fingerprint density at radius 2 is 2.29 bits per heavy atom. The van der Waals surface area contributed by atoms with Gasteiger partial charge in [0.25, 0.3) is 5.91 Å². The maximum atomic E-state index is 11.6. The first-order chi connectivity index (χ1) is 8.16. The van der Waals surface area contributed by atoms with Crippen molar-refractivity contribution in [3.63, 3.8) is 0 Å². The van der Waals surface area contributed by atoms with E-state index in [0.717, 1.165) is 0 Å². The van der Waals surface area contributed by atoms with Crippen molar-refractivity contribution in [1.29, 1.82) is 0 Å². The Balaban J connectivity index is 1.83. The second-order valence-corrected chi connectivity index (χ2v) is 4.11. The summed E-state index contributed by atoms with van der Waals surface area (Å²) in [4.78, 5) is 11.6. The summed E-state index contributed by atoms with van der Waals surface area (Å²) >= 11 is 11.4. The second kappa shape index (κ2) is 5.20. The molecule has 2 aromatic heterocycles. The molecule has 90 valence electrons. The van der Waals surface area contributed by atoms with E-state index < -0.39 is 0 Å². The first-order valence-electron chi connectivity index (χ1n) is 4.82. The monoisotopic (exact) mass is 273 g/mol. The van der Waals surface area contributed by atoms with Gasteiger partial charge in [-0.1, -0.05) is 23.2 Å². The number of H-pyrrole nitrogens is 1. The Kier molecular flexibility index (Phi) is 3.65. The largest absolute Gasteiger partial charge is 0.349 e. The van der Waals surface area contributed by atoms with Crippen LogP contribution < -0.4 is 5.32 Å². The molecule has 0 bridgehead atoms. The molecule has 17 heavy (non-hydrogen) atoms. The number of aromatic nitrogens is 4. The van der Waals surface area contributed by atoms with Crippen molar-refractivity contribution in [1.82, 2.24) is 25.3 Å². The molecule has 0 saturated heterocycles. The highest BCUT2D eigenvalue weighted by atomic mass is 35.5. The lowest BCUT2D eigenvalue weighted by Crippen LogP contribution is -2.27. The summed E-state index contributed by atoms with van der Waals surface area (Å²) in [5.41, 5.74) is 0.255. The van der Waals surface area contributed by atoms with Gasteiger partial charge in [-0.05, 0) is 0 Å². The molecule has 0 aliphatic heterocycles. The van der Waals surface area contributed by atoms with Crippen molar-refractivity contribution < 1.29 is 4.79 Å². The Labute approximate surface area is 107 Å². The van der Waals surface area contributed by atoms with E-state index in [9.17, 15) is 4.79 Å². The zero-order chi connectivity index (χ0) is 12.3. The number of aromatic amines is 1. The van der Waals surface area contributed by atoms with E-state index in [1.165, 1.54) is 12.4 Å². The zero-order valence-electron chi connectivity index (χ0n) is 8.65. The van der Waals surface area contributed by atoms with Crippen LogP contribution in [0.4, 0.5) is 0 Å². The van der Waals surface area contributed by atoms with Crippen LogP contribution in [0.3, 0.4) is 0 Å². The molecule has 2 N–H and O–H groups in total. The number of amides is 1. The van der Waals surface area contributed by atoms with Crippen LogP contribution in [-0.2, 0) is 6.54 Å². The number of nitrogens with zero attached hydrogens (tertiary/aromatic N) is 3. The summed E-state index contributed by atoms with van der Waals surface area (Å²) < 4.78 is 1.64. The van der Waals surface area contributed by atoms with Gasteiger partial charge in [0.05, 0.1) is 29.0 Å². The smallest absolute Gasteiger partial charge is 0.270 e. The summed E-state index contributed by atoms with van der Waals surface area (Å²) in [6.07, 6.45) is 4.59. The molecule has 0 saturated carbocycles. The molecule has 2 aromatic rings. The molecule has 6 nitrogen and oxygen atoms in total. The van der Waals surface area contributed by atoms with E-state index in [0.29, 0.717) is 23.1 Å². The van der Waals surface area contributed by atoms with E-state index in [1.54, 1.807) is 10.9 Å². The third kappa shape index (κ3) is 2.98. The van der Waals surface area contributed by atoms with Gasteiger partial charge in [-0.3, -0.25) is 14.6 Å². The Hall–Kier alpha value is -1.53. The minimum atomic E-state index is -0.300. The molecule has 0 unspecified atom stereocenters. The van der Waals surface area contributed by atoms with Gasteiger partial charge < -0.3 is 5.32 Å². The van der Waals surface area contributed by atoms with Crippen molar-refractivity contribution >= 4 is 29.1 Å². The van der Waals surface area contributed by atoms with Crippen LogP contribution in [0.1, 0.15) is 10.5 Å². The van der Waals surface area contributed by atoms with Crippen LogP contribution in [0.2, 0.25) is 10.0 Å². The average Bonchev–Trinajstić information content (AvgIpc) is 2.87. The van der Waals surface area contributed by atoms with Crippen molar-refractivity contribution in [3.05, 3.63) is 34.3 Å². The van der Waals surface area contributed by atoms with Crippen molar-refractivity contribution in [2.45, 2.75) is 6.54 Å². The van der Waals surface area contributed by atoms with Gasteiger partial charge in [0, 0.05) is 12.7 Å². The molecule has 8 heteroatoms. The van der Waals surface area contributed by atoms with Crippen LogP contribution >= 0.6 is 23.2 Å². The maximum absolute atomic E-state index is 11.6. The van der Waals surface area contributed by atoms with E-state index >= 15 is 0 Å². The highest BCUT2D eigenvalue weighted by Crippen LogP contribution is 2.10. The molecule has 0 atom stereocenters. The number of hydrogen-bond acceptors (Lipinski definition) is 3. The molecule has 2 rings (SSSR count). The second-order valence-electron chi connectivity index (χ2n) is 3.27. The lowest BCUT2D eigenvalue weighted by Gasteiger charge is -2.03. The predicted molar refractivity (Wildman–Crippen MR) is 63.2 cm³/mol. The maximum Gasteiger partial charge on any atom is 0.270 e. The summed E-state index contributed by atoms with van der Waals surface area (Å²) in [5.74, 6) is -0.300. The molecular formula is C9H9Cl2N5O. The Morgan fingerprint density at radius 1 is 1.47 bits per heavy atom. The van der Waals surface area contributed by atoms with Crippen LogP contribution in [0, 0.1) is 0 Å². The Morgan fingerprint density at radius 3 is 2.88 bits per heavy atom. The minimum absolute atomic E-state index is 0.255. The molecule has 0 radical (unpaired) electrons. The average molecular weight is 274 g/mol. The number of carbonyl (C=O) groups is 1. The van der Waals surface area contributed by atoms with Crippen LogP contribution in [0.5, 0.6) is 0 Å². The first-order valence-corrected chi connectivity index (χ1v) is 5.57. The van der Waals surface area contributed by atoms with Crippen LogP contribution in [0.25, 0.3) is 0 Å². The summed E-state index contributed by atoms with van der Waals surface area (Å²) in [5, 5.41) is 13.7. The number of carbonyl (C=O) groups excluding carboxylic acids is 1. The number of rotatable bonds is 4. The lowest BCUT2D eigenvalue weighted by atomic mass is 10.4. The van der Waals surface area contributed by atoms with Crippen molar-refractivity contribution in [2.24, 2.45) is 0 Å². The van der Waals surface area contributed by atoms with Gasteiger partial charge in [-0.15, -0.1) is 0 Å². The SMILES string of the molecule is O=C(NCCn1cc(Cl)cn1)c1[nH]ncc1Cl. The van der Waals surface area contributed by atoms with Gasteiger partial charge in [0.2, 0.25) is 0 Å². The van der Waals surface area contributed by atoms with E-state index in [1.807, 2.05) is 0 Å². The fraction of sp³-hybridized carbons (Fsp3) is 0.222. The van der Waals surface area contributed by atoms with Crippen LogP contribution in [0.15, 0.2) is 18.6 Å². The quantitative estimate of drug-likeness (QED) is 0.883. The molecule has 2 heterocycles. The number of nitrogens with one attached hydrogen (secondary N) is 2. The third-order valence-corrected chi connectivity index (χ3v) is 2.53. The third-order valence-electron chi connectivity index (χ3n) is 2.05. The normalized spacial score (nSPS) is 10.5. The highest BCUT2D eigenvalue weighted by molar-refractivity contribution is 6.33. The van der Waals surface area contributed by atoms with Gasteiger partial charge in [-0.25, -0.2) is 0 Å². The van der Waals surface area contributed by atoms with Crippen molar-refractivity contribution in [3.8, 4) is 0 Å². The summed E-state index contributed by atoms with van der Waals surface area (Å²) in [6.45, 7) is 0.955. The van der Waals surface area contributed by atoms with Crippen molar-refractivity contribution in [2.75, 3.05) is 6.54 Å².